The van der Waals surface area contributed by atoms with Gasteiger partial charge in [-0.1, -0.05) is 34.6 Å². The molecule has 1 amide bonds. The molecular formula is C23H30N2O4. The van der Waals surface area contributed by atoms with Crippen LogP contribution in [0, 0.1) is 11.3 Å². The number of hydrogen-bond acceptors (Lipinski definition) is 4. The van der Waals surface area contributed by atoms with Crippen LogP contribution in [0.5, 0.6) is 11.5 Å². The van der Waals surface area contributed by atoms with E-state index in [-0.39, 0.29) is 11.5 Å². The first-order valence-corrected chi connectivity index (χ1v) is 10.0. The molecule has 6 nitrogen and oxygen atoms in total. The summed E-state index contributed by atoms with van der Waals surface area (Å²) >= 11 is 0. The van der Waals surface area contributed by atoms with Crippen molar-refractivity contribution in [3.05, 3.63) is 42.2 Å². The molecule has 1 atom stereocenters. The maximum Gasteiger partial charge on any atom is 0.441 e. The van der Waals surface area contributed by atoms with Crippen LogP contribution in [0.4, 0.5) is 4.79 Å². The Morgan fingerprint density at radius 1 is 1.28 bits per heavy atom. The Balaban J connectivity index is 1.87. The van der Waals surface area contributed by atoms with Gasteiger partial charge in [0.25, 0.3) is 0 Å². The summed E-state index contributed by atoms with van der Waals surface area (Å²) in [6.45, 7) is 10.9. The highest BCUT2D eigenvalue weighted by atomic mass is 16.7. The van der Waals surface area contributed by atoms with Crippen LogP contribution in [-0.2, 0) is 6.61 Å². The minimum Gasteiger partial charge on any atom is -0.488 e. The number of hydroxylamine groups is 2. The Labute approximate surface area is 172 Å². The fraction of sp³-hybridized carbons (Fsp3) is 0.478. The highest BCUT2D eigenvalue weighted by Crippen LogP contribution is 2.39. The van der Waals surface area contributed by atoms with Crippen molar-refractivity contribution < 1.29 is 19.5 Å². The Kier molecular flexibility index (Phi) is 6.01. The maximum atomic E-state index is 12.0. The lowest BCUT2D eigenvalue weighted by molar-refractivity contribution is -0.0827. The van der Waals surface area contributed by atoms with Crippen molar-refractivity contribution in [2.24, 2.45) is 11.3 Å². The third-order valence-corrected chi connectivity index (χ3v) is 4.85. The van der Waals surface area contributed by atoms with Crippen LogP contribution in [0.2, 0.25) is 0 Å². The molecule has 0 radical (unpaired) electrons. The smallest absolute Gasteiger partial charge is 0.441 e. The van der Waals surface area contributed by atoms with Gasteiger partial charge in [0.15, 0.2) is 5.75 Å². The van der Waals surface area contributed by atoms with E-state index in [1.54, 1.807) is 24.5 Å². The molecule has 6 heteroatoms. The topological polar surface area (TPSA) is 71.9 Å². The minimum atomic E-state index is -1.09. The lowest BCUT2D eigenvalue weighted by Gasteiger charge is -2.34. The number of amides is 1. The molecule has 2 heterocycles. The molecule has 29 heavy (non-hydrogen) atoms. The molecule has 0 saturated heterocycles. The van der Waals surface area contributed by atoms with Crippen molar-refractivity contribution in [2.45, 2.75) is 60.1 Å². The molecule has 2 aromatic rings. The maximum absolute atomic E-state index is 12.0. The highest BCUT2D eigenvalue weighted by molar-refractivity contribution is 5.75. The number of ether oxygens (including phenoxy) is 1. The van der Waals surface area contributed by atoms with E-state index >= 15 is 0 Å². The summed E-state index contributed by atoms with van der Waals surface area (Å²) in [4.78, 5) is 22.1. The lowest BCUT2D eigenvalue weighted by atomic mass is 9.85. The molecule has 0 saturated carbocycles. The first-order chi connectivity index (χ1) is 13.6. The average molecular weight is 399 g/mol. The third-order valence-electron chi connectivity index (χ3n) is 4.85. The highest BCUT2D eigenvalue weighted by Gasteiger charge is 2.31. The van der Waals surface area contributed by atoms with E-state index in [1.807, 2.05) is 12.1 Å². The van der Waals surface area contributed by atoms with Crippen LogP contribution < -0.4 is 9.57 Å². The van der Waals surface area contributed by atoms with E-state index in [0.29, 0.717) is 30.4 Å². The van der Waals surface area contributed by atoms with Gasteiger partial charge in [0.05, 0.1) is 6.04 Å². The molecule has 0 bridgehead atoms. The van der Waals surface area contributed by atoms with Gasteiger partial charge in [0, 0.05) is 29.6 Å². The van der Waals surface area contributed by atoms with Gasteiger partial charge in [-0.05, 0) is 47.9 Å². The molecule has 3 rings (SSSR count). The SMILES string of the molecule is CC(C)C[C@@H](CC(C)(C)C)N(Oc1ccc2c(c1)OCc1cnccc1-2)C(=O)O. The van der Waals surface area contributed by atoms with Gasteiger partial charge in [0.2, 0.25) is 0 Å². The zero-order valence-corrected chi connectivity index (χ0v) is 17.8. The van der Waals surface area contributed by atoms with E-state index in [0.717, 1.165) is 28.2 Å². The van der Waals surface area contributed by atoms with Crippen molar-refractivity contribution >= 4 is 6.09 Å². The number of hydrogen-bond donors (Lipinski definition) is 1. The molecule has 1 aliphatic rings. The van der Waals surface area contributed by atoms with Gasteiger partial charge in [-0.25, -0.2) is 4.79 Å². The second kappa shape index (κ2) is 8.31. The van der Waals surface area contributed by atoms with Gasteiger partial charge < -0.3 is 14.7 Å². The fourth-order valence-electron chi connectivity index (χ4n) is 3.76. The lowest BCUT2D eigenvalue weighted by Crippen LogP contribution is -2.44. The standard InChI is InChI=1S/C23H30N2O4/c1-15(2)10-17(12-23(3,4)5)25(22(26)27)29-18-6-7-20-19-8-9-24-13-16(19)14-28-21(20)11-18/h6-9,11,13,15,17H,10,12,14H2,1-5H3,(H,26,27)/t17-/m0/s1. The van der Waals surface area contributed by atoms with E-state index in [9.17, 15) is 9.90 Å². The second-order valence-electron chi connectivity index (χ2n) is 9.23. The minimum absolute atomic E-state index is 0.0205. The molecule has 1 aromatic carbocycles. The predicted molar refractivity (Wildman–Crippen MR) is 112 cm³/mol. The second-order valence-corrected chi connectivity index (χ2v) is 9.23. The fourth-order valence-corrected chi connectivity index (χ4v) is 3.76. The van der Waals surface area contributed by atoms with E-state index in [4.69, 9.17) is 9.57 Å². The van der Waals surface area contributed by atoms with E-state index in [2.05, 4.69) is 39.6 Å². The molecule has 1 N–H and O–H groups in total. The summed E-state index contributed by atoms with van der Waals surface area (Å²) in [5.74, 6) is 1.49. The summed E-state index contributed by atoms with van der Waals surface area (Å²) in [5.41, 5.74) is 3.04. The molecule has 0 fully saturated rings. The van der Waals surface area contributed by atoms with Crippen LogP contribution in [0.25, 0.3) is 11.1 Å². The van der Waals surface area contributed by atoms with Gasteiger partial charge >= 0.3 is 6.09 Å². The van der Waals surface area contributed by atoms with Gasteiger partial charge in [0.1, 0.15) is 12.4 Å². The first kappa shape index (κ1) is 21.0. The van der Waals surface area contributed by atoms with Crippen LogP contribution in [0.15, 0.2) is 36.7 Å². The van der Waals surface area contributed by atoms with Crippen LogP contribution >= 0.6 is 0 Å². The Hall–Kier alpha value is -2.76. The van der Waals surface area contributed by atoms with Crippen molar-refractivity contribution in [3.8, 4) is 22.6 Å². The van der Waals surface area contributed by atoms with Crippen molar-refractivity contribution in [1.82, 2.24) is 10.0 Å². The van der Waals surface area contributed by atoms with Gasteiger partial charge in [-0.15, -0.1) is 5.06 Å². The number of nitrogens with zero attached hydrogens (tertiary/aromatic N) is 2. The molecule has 0 spiro atoms. The van der Waals surface area contributed by atoms with Crippen LogP contribution in [0.1, 0.15) is 53.0 Å². The van der Waals surface area contributed by atoms with Gasteiger partial charge in [-0.2, -0.15) is 0 Å². The number of fused-ring (bicyclic) bond motifs is 3. The number of carboxylic acid groups (broad SMARTS) is 1. The Morgan fingerprint density at radius 2 is 2.03 bits per heavy atom. The largest absolute Gasteiger partial charge is 0.488 e. The average Bonchev–Trinajstić information content (AvgIpc) is 2.63. The monoisotopic (exact) mass is 398 g/mol. The quantitative estimate of drug-likeness (QED) is 0.626. The zero-order chi connectivity index (χ0) is 21.2. The number of rotatable bonds is 6. The molecule has 0 unspecified atom stereocenters. The molecule has 156 valence electrons. The van der Waals surface area contributed by atoms with E-state index in [1.165, 1.54) is 0 Å². The summed E-state index contributed by atoms with van der Waals surface area (Å²) in [6, 6.07) is 7.18. The number of aromatic nitrogens is 1. The number of benzene rings is 1. The van der Waals surface area contributed by atoms with Crippen molar-refractivity contribution in [1.29, 1.82) is 0 Å². The normalized spacial score (nSPS) is 13.9. The van der Waals surface area contributed by atoms with E-state index < -0.39 is 6.09 Å². The molecule has 1 aromatic heterocycles. The van der Waals surface area contributed by atoms with Gasteiger partial charge in [-0.3, -0.25) is 4.98 Å². The summed E-state index contributed by atoms with van der Waals surface area (Å²) in [6.07, 6.45) is 3.91. The summed E-state index contributed by atoms with van der Waals surface area (Å²) < 4.78 is 5.85. The Bertz CT molecular complexity index is 873. The molecule has 1 aliphatic heterocycles. The number of carbonyl (C=O) groups is 1. The first-order valence-electron chi connectivity index (χ1n) is 10.0. The summed E-state index contributed by atoms with van der Waals surface area (Å²) in [5, 5.41) is 11.0. The van der Waals surface area contributed by atoms with Crippen molar-refractivity contribution in [3.63, 3.8) is 0 Å². The van der Waals surface area contributed by atoms with Crippen LogP contribution in [-0.4, -0.2) is 27.3 Å². The zero-order valence-electron chi connectivity index (χ0n) is 17.8. The Morgan fingerprint density at radius 3 is 2.69 bits per heavy atom. The predicted octanol–water partition coefficient (Wildman–Crippen LogP) is 5.77. The van der Waals surface area contributed by atoms with Crippen molar-refractivity contribution in [2.75, 3.05) is 0 Å². The molecular weight excluding hydrogens is 368 g/mol. The summed E-state index contributed by atoms with van der Waals surface area (Å²) in [7, 11) is 0. The van der Waals surface area contributed by atoms with Crippen LogP contribution in [0.3, 0.4) is 0 Å². The number of pyridine rings is 1. The third kappa shape index (κ3) is 5.19. The molecule has 0 aliphatic carbocycles.